The van der Waals surface area contributed by atoms with E-state index in [-0.39, 0.29) is 60.1 Å². The van der Waals surface area contributed by atoms with Crippen molar-refractivity contribution in [3.8, 4) is 5.75 Å². The van der Waals surface area contributed by atoms with E-state index in [9.17, 15) is 27.5 Å². The predicted octanol–water partition coefficient (Wildman–Crippen LogP) is 4.04. The molecule has 0 spiro atoms. The fraction of sp³-hybridized carbons (Fsp3) is 0.333. The molecular formula is C33H37FN4O6S. The van der Waals surface area contributed by atoms with Gasteiger partial charge < -0.3 is 24.6 Å². The van der Waals surface area contributed by atoms with Crippen LogP contribution in [0.5, 0.6) is 5.75 Å². The lowest BCUT2D eigenvalue weighted by molar-refractivity contribution is -0.115. The Bertz CT molecular complexity index is 1820. The molecule has 5 rings (SSSR count). The highest BCUT2D eigenvalue weighted by Gasteiger charge is 2.35. The average Bonchev–Trinajstić information content (AvgIpc) is 3.33. The van der Waals surface area contributed by atoms with Gasteiger partial charge in [-0.2, -0.15) is 4.31 Å². The summed E-state index contributed by atoms with van der Waals surface area (Å²) in [7, 11) is -0.620. The van der Waals surface area contributed by atoms with E-state index in [0.29, 0.717) is 5.69 Å². The summed E-state index contributed by atoms with van der Waals surface area (Å²) in [5.74, 6) is -1.29. The van der Waals surface area contributed by atoms with E-state index in [2.05, 4.69) is 5.32 Å². The molecule has 0 saturated carbocycles. The molecule has 0 aliphatic carbocycles. The lowest BCUT2D eigenvalue weighted by Crippen LogP contribution is -2.50. The number of ether oxygens (including phenoxy) is 1. The summed E-state index contributed by atoms with van der Waals surface area (Å²) in [4.78, 5) is 28.4. The number of nitrogens with one attached hydrogen (secondary N) is 1. The number of sulfonamides is 1. The van der Waals surface area contributed by atoms with Gasteiger partial charge in [0, 0.05) is 49.3 Å². The van der Waals surface area contributed by atoms with E-state index in [0.717, 1.165) is 32.9 Å². The number of hydrogen-bond acceptors (Lipinski definition) is 6. The first-order chi connectivity index (χ1) is 21.4. The summed E-state index contributed by atoms with van der Waals surface area (Å²) >= 11 is 0. The van der Waals surface area contributed by atoms with Crippen molar-refractivity contribution in [1.82, 2.24) is 13.8 Å². The third kappa shape index (κ3) is 6.73. The van der Waals surface area contributed by atoms with Gasteiger partial charge in [-0.3, -0.25) is 9.59 Å². The van der Waals surface area contributed by atoms with Crippen LogP contribution in [0.25, 0.3) is 10.9 Å². The normalized spacial score (nSPS) is 17.8. The molecule has 0 saturated heterocycles. The Kier molecular flexibility index (Phi) is 9.28. The number of halogens is 1. The Hall–Kier alpha value is -4.26. The van der Waals surface area contributed by atoms with Crippen LogP contribution in [0.1, 0.15) is 29.8 Å². The van der Waals surface area contributed by atoms with Gasteiger partial charge in [0.05, 0.1) is 36.1 Å². The van der Waals surface area contributed by atoms with Crippen molar-refractivity contribution in [3.05, 3.63) is 89.9 Å². The lowest BCUT2D eigenvalue weighted by Gasteiger charge is -2.38. The zero-order chi connectivity index (χ0) is 32.5. The van der Waals surface area contributed by atoms with Crippen LogP contribution < -0.4 is 10.1 Å². The van der Waals surface area contributed by atoms with Crippen LogP contribution in [-0.4, -0.2) is 78.0 Å². The van der Waals surface area contributed by atoms with Crippen molar-refractivity contribution in [1.29, 1.82) is 0 Å². The number of aliphatic hydroxyl groups is 1. The number of anilines is 1. The molecule has 3 aromatic carbocycles. The molecule has 1 aliphatic heterocycles. The summed E-state index contributed by atoms with van der Waals surface area (Å²) in [5.41, 5.74) is 2.46. The number of fused-ring (bicyclic) bond motifs is 2. The number of nitrogens with zero attached hydrogens (tertiary/aromatic N) is 3. The minimum atomic E-state index is -3.96. The lowest BCUT2D eigenvalue weighted by atomic mass is 9.99. The second kappa shape index (κ2) is 13.0. The van der Waals surface area contributed by atoms with Gasteiger partial charge in [0.15, 0.2) is 0 Å². The molecule has 0 unspecified atom stereocenters. The number of aliphatic hydroxyl groups excluding tert-OH is 1. The van der Waals surface area contributed by atoms with Crippen LogP contribution in [-0.2, 0) is 28.3 Å². The molecule has 1 aliphatic rings. The van der Waals surface area contributed by atoms with Crippen molar-refractivity contribution in [2.75, 3.05) is 32.1 Å². The van der Waals surface area contributed by atoms with E-state index in [1.807, 2.05) is 49.0 Å². The Balaban J connectivity index is 1.41. The minimum Gasteiger partial charge on any atom is -0.488 e. The van der Waals surface area contributed by atoms with Gasteiger partial charge in [0.1, 0.15) is 17.7 Å². The number of hydrogen-bond donors (Lipinski definition) is 2. The smallest absolute Gasteiger partial charge is 0.258 e. The Morgan fingerprint density at radius 1 is 1.16 bits per heavy atom. The molecule has 2 heterocycles. The van der Waals surface area contributed by atoms with Crippen LogP contribution >= 0.6 is 0 Å². The van der Waals surface area contributed by atoms with E-state index in [1.54, 1.807) is 25.1 Å². The highest BCUT2D eigenvalue weighted by Crippen LogP contribution is 2.31. The van der Waals surface area contributed by atoms with Crippen LogP contribution in [0.3, 0.4) is 0 Å². The third-order valence-electron chi connectivity index (χ3n) is 8.24. The highest BCUT2D eigenvalue weighted by atomic mass is 32.2. The largest absolute Gasteiger partial charge is 0.488 e. The molecule has 2 amide bonds. The molecule has 0 fully saturated rings. The predicted molar refractivity (Wildman–Crippen MR) is 169 cm³/mol. The molecule has 10 nitrogen and oxygen atoms in total. The van der Waals surface area contributed by atoms with Gasteiger partial charge in [-0.05, 0) is 61.0 Å². The molecule has 3 atom stereocenters. The van der Waals surface area contributed by atoms with E-state index in [1.165, 1.54) is 24.1 Å². The molecule has 0 radical (unpaired) electrons. The molecular weight excluding hydrogens is 599 g/mol. The van der Waals surface area contributed by atoms with Crippen LogP contribution in [0, 0.1) is 11.7 Å². The zero-order valence-corrected chi connectivity index (χ0v) is 26.4. The molecule has 0 bridgehead atoms. The van der Waals surface area contributed by atoms with Crippen LogP contribution in [0.4, 0.5) is 10.1 Å². The Labute approximate surface area is 262 Å². The third-order valence-corrected chi connectivity index (χ3v) is 10.1. The topological polar surface area (TPSA) is 121 Å². The van der Waals surface area contributed by atoms with Crippen molar-refractivity contribution in [3.63, 3.8) is 0 Å². The number of carbonyl (C=O) groups is 2. The first-order valence-electron chi connectivity index (χ1n) is 14.7. The standard InChI is InChI=1S/C33H37FN4O6S/c1-21-17-38(22(2)20-39)33(41)28-16-25(35-32(40)15-23-18-36(3)29-8-6-5-7-27(23)29)11-14-30(28)44-31(21)19-37(4)45(42,43)26-12-9-24(34)10-13-26/h5-14,16,18,21-22,31,39H,15,17,19-20H2,1-4H3,(H,35,40)/t21-,22-,31-/m1/s1. The maximum Gasteiger partial charge on any atom is 0.258 e. The average molecular weight is 637 g/mol. The fourth-order valence-electron chi connectivity index (χ4n) is 5.60. The second-order valence-electron chi connectivity index (χ2n) is 11.6. The van der Waals surface area contributed by atoms with E-state index in [4.69, 9.17) is 4.74 Å². The first-order valence-corrected chi connectivity index (χ1v) is 16.1. The van der Waals surface area contributed by atoms with Crippen LogP contribution in [0.2, 0.25) is 0 Å². The van der Waals surface area contributed by atoms with Crippen molar-refractivity contribution in [2.45, 2.75) is 37.3 Å². The monoisotopic (exact) mass is 636 g/mol. The van der Waals surface area contributed by atoms with Gasteiger partial charge in [0.25, 0.3) is 5.91 Å². The quantitative estimate of drug-likeness (QED) is 0.286. The molecule has 238 valence electrons. The van der Waals surface area contributed by atoms with E-state index >= 15 is 0 Å². The van der Waals surface area contributed by atoms with Crippen molar-refractivity contribution in [2.24, 2.45) is 13.0 Å². The summed E-state index contributed by atoms with van der Waals surface area (Å²) in [6.45, 7) is 3.43. The Morgan fingerprint density at radius 2 is 1.87 bits per heavy atom. The number of para-hydroxylation sites is 1. The number of aromatic nitrogens is 1. The van der Waals surface area contributed by atoms with Gasteiger partial charge in [-0.25, -0.2) is 12.8 Å². The van der Waals surface area contributed by atoms with Gasteiger partial charge in [-0.15, -0.1) is 0 Å². The molecule has 45 heavy (non-hydrogen) atoms. The molecule has 1 aromatic heterocycles. The number of aryl methyl sites for hydroxylation is 1. The fourth-order valence-corrected chi connectivity index (χ4v) is 6.78. The summed E-state index contributed by atoms with van der Waals surface area (Å²) in [6.07, 6.45) is 1.37. The maximum absolute atomic E-state index is 13.8. The SMILES string of the molecule is C[C@@H]1CN([C@H](C)CO)C(=O)c2cc(NC(=O)Cc3cn(C)c4ccccc34)ccc2O[C@@H]1CN(C)S(=O)(=O)c1ccc(F)cc1. The Morgan fingerprint density at radius 3 is 2.58 bits per heavy atom. The van der Waals surface area contributed by atoms with Gasteiger partial charge in [-0.1, -0.05) is 25.1 Å². The zero-order valence-electron chi connectivity index (χ0n) is 25.6. The number of benzene rings is 3. The van der Waals surface area contributed by atoms with Crippen LogP contribution in [0.15, 0.2) is 77.8 Å². The van der Waals surface area contributed by atoms with E-state index < -0.39 is 28.0 Å². The first kappa shape index (κ1) is 32.1. The summed E-state index contributed by atoms with van der Waals surface area (Å²) < 4.78 is 49.4. The van der Waals surface area contributed by atoms with Gasteiger partial charge >= 0.3 is 0 Å². The molecule has 12 heteroatoms. The van der Waals surface area contributed by atoms with Crippen molar-refractivity contribution < 1.29 is 32.2 Å². The number of likely N-dealkylation sites (N-methyl/N-ethyl adjacent to an activating group) is 1. The summed E-state index contributed by atoms with van der Waals surface area (Å²) in [6, 6.07) is 16.6. The molecule has 2 N–H and O–H groups in total. The number of rotatable bonds is 9. The number of amides is 2. The second-order valence-corrected chi connectivity index (χ2v) is 13.6. The number of carbonyl (C=O) groups excluding carboxylic acids is 2. The maximum atomic E-state index is 13.8. The van der Waals surface area contributed by atoms with Crippen molar-refractivity contribution >= 4 is 38.4 Å². The molecule has 4 aromatic rings. The highest BCUT2D eigenvalue weighted by molar-refractivity contribution is 7.89. The van der Waals surface area contributed by atoms with Gasteiger partial charge in [0.2, 0.25) is 15.9 Å². The minimum absolute atomic E-state index is 0.0557. The summed E-state index contributed by atoms with van der Waals surface area (Å²) in [5, 5.41) is 13.8.